The normalized spacial score (nSPS) is 12.9. The zero-order chi connectivity index (χ0) is 28.2. The van der Waals surface area contributed by atoms with E-state index in [0.29, 0.717) is 33.7 Å². The van der Waals surface area contributed by atoms with Gasteiger partial charge in [-0.2, -0.15) is 0 Å². The van der Waals surface area contributed by atoms with Crippen molar-refractivity contribution in [3.05, 3.63) is 101 Å². The van der Waals surface area contributed by atoms with Crippen molar-refractivity contribution in [2.75, 3.05) is 31.4 Å². The van der Waals surface area contributed by atoms with E-state index in [4.69, 9.17) is 20.8 Å². The minimum Gasteiger partial charge on any atom is -0.487 e. The fourth-order valence-corrected chi connectivity index (χ4v) is 5.47. The van der Waals surface area contributed by atoms with Gasteiger partial charge in [-0.3, -0.25) is 9.11 Å². The van der Waals surface area contributed by atoms with Gasteiger partial charge in [-0.15, -0.1) is 0 Å². The SMILES string of the molecule is CN(C)C(C[S@](C)=O)c1ccc(-c2ccc3ncnc(Nc4ccc(OCc5cccc(F)c5)c(Cl)c4)c3c2)o1. The zero-order valence-corrected chi connectivity index (χ0v) is 23.8. The van der Waals surface area contributed by atoms with Gasteiger partial charge in [0, 0.05) is 39.4 Å². The zero-order valence-electron chi connectivity index (χ0n) is 22.2. The fourth-order valence-electron chi connectivity index (χ4n) is 4.32. The number of hydrogen-bond acceptors (Lipinski definition) is 7. The van der Waals surface area contributed by atoms with Crippen LogP contribution in [0.3, 0.4) is 0 Å². The van der Waals surface area contributed by atoms with Crippen LogP contribution in [0, 0.1) is 5.82 Å². The van der Waals surface area contributed by atoms with Crippen molar-refractivity contribution in [2.45, 2.75) is 12.6 Å². The summed E-state index contributed by atoms with van der Waals surface area (Å²) in [6.45, 7) is 0.198. The Kier molecular flexibility index (Phi) is 8.44. The molecule has 1 N–H and O–H groups in total. The minimum atomic E-state index is -0.965. The Morgan fingerprint density at radius 1 is 1.07 bits per heavy atom. The van der Waals surface area contributed by atoms with Gasteiger partial charge in [0.15, 0.2) is 0 Å². The number of nitrogens with zero attached hydrogens (tertiary/aromatic N) is 3. The Balaban J connectivity index is 1.37. The van der Waals surface area contributed by atoms with Crippen molar-refractivity contribution in [1.29, 1.82) is 0 Å². The van der Waals surface area contributed by atoms with Crippen LogP contribution in [0.25, 0.3) is 22.2 Å². The van der Waals surface area contributed by atoms with Gasteiger partial charge < -0.3 is 14.5 Å². The quantitative estimate of drug-likeness (QED) is 0.191. The van der Waals surface area contributed by atoms with Crippen LogP contribution in [-0.2, 0) is 17.4 Å². The van der Waals surface area contributed by atoms with Gasteiger partial charge in [0.1, 0.15) is 41.8 Å². The Morgan fingerprint density at radius 3 is 2.67 bits per heavy atom. The predicted octanol–water partition coefficient (Wildman–Crippen LogP) is 6.99. The van der Waals surface area contributed by atoms with Gasteiger partial charge in [-0.05, 0) is 80.3 Å². The number of hydrogen-bond donors (Lipinski definition) is 1. The third-order valence-corrected chi connectivity index (χ3v) is 7.45. The first-order chi connectivity index (χ1) is 19.3. The molecule has 0 amide bonds. The van der Waals surface area contributed by atoms with Crippen LogP contribution in [0.1, 0.15) is 17.4 Å². The van der Waals surface area contributed by atoms with Crippen molar-refractivity contribution in [2.24, 2.45) is 0 Å². The molecule has 0 aliphatic rings. The average Bonchev–Trinajstić information content (AvgIpc) is 3.41. The van der Waals surface area contributed by atoms with Crippen LogP contribution in [0.15, 0.2) is 83.5 Å². The van der Waals surface area contributed by atoms with Gasteiger partial charge in [0.05, 0.1) is 16.6 Å². The second-order valence-electron chi connectivity index (χ2n) is 9.56. The molecular weight excluding hydrogens is 551 g/mol. The number of halogens is 2. The highest BCUT2D eigenvalue weighted by Gasteiger charge is 2.20. The number of anilines is 2. The summed E-state index contributed by atoms with van der Waals surface area (Å²) in [4.78, 5) is 10.9. The molecule has 7 nitrogen and oxygen atoms in total. The van der Waals surface area contributed by atoms with Crippen molar-refractivity contribution in [3.63, 3.8) is 0 Å². The highest BCUT2D eigenvalue weighted by Crippen LogP contribution is 2.34. The minimum absolute atomic E-state index is 0.0915. The van der Waals surface area contributed by atoms with Crippen molar-refractivity contribution < 1.29 is 17.8 Å². The van der Waals surface area contributed by atoms with Gasteiger partial charge in [-0.25, -0.2) is 14.4 Å². The van der Waals surface area contributed by atoms with Crippen LogP contribution in [0.2, 0.25) is 5.02 Å². The summed E-state index contributed by atoms with van der Waals surface area (Å²) >= 11 is 6.49. The number of furan rings is 1. The topological polar surface area (TPSA) is 80.5 Å². The van der Waals surface area contributed by atoms with Gasteiger partial charge in [-0.1, -0.05) is 23.7 Å². The summed E-state index contributed by atoms with van der Waals surface area (Å²) in [5, 5.41) is 4.54. The number of aromatic nitrogens is 2. The highest BCUT2D eigenvalue weighted by atomic mass is 35.5. The molecule has 0 saturated carbocycles. The molecule has 0 spiro atoms. The number of nitrogens with one attached hydrogen (secondary N) is 1. The maximum atomic E-state index is 13.5. The predicted molar refractivity (Wildman–Crippen MR) is 158 cm³/mol. The monoisotopic (exact) mass is 578 g/mol. The number of fused-ring (bicyclic) bond motifs is 1. The largest absolute Gasteiger partial charge is 0.487 e. The number of benzene rings is 3. The second-order valence-corrected chi connectivity index (χ2v) is 11.5. The fraction of sp³-hybridized carbons (Fsp3) is 0.200. The molecule has 0 aliphatic heterocycles. The highest BCUT2D eigenvalue weighted by molar-refractivity contribution is 7.84. The molecule has 0 saturated heterocycles. The van der Waals surface area contributed by atoms with Crippen LogP contribution in [-0.4, -0.2) is 45.2 Å². The van der Waals surface area contributed by atoms with Crippen LogP contribution >= 0.6 is 11.6 Å². The van der Waals surface area contributed by atoms with Crippen molar-refractivity contribution >= 4 is 44.8 Å². The molecule has 5 rings (SSSR count). The molecule has 1 unspecified atom stereocenters. The van der Waals surface area contributed by atoms with Gasteiger partial charge >= 0.3 is 0 Å². The Morgan fingerprint density at radius 2 is 1.93 bits per heavy atom. The van der Waals surface area contributed by atoms with Crippen LogP contribution in [0.4, 0.5) is 15.9 Å². The first kappa shape index (κ1) is 27.8. The maximum Gasteiger partial charge on any atom is 0.141 e. The van der Waals surface area contributed by atoms with Gasteiger partial charge in [0.25, 0.3) is 0 Å². The molecule has 0 fully saturated rings. The standard InChI is InChI=1S/C30H28ClFN4O3S/c1-36(2)26(17-40(3)37)29-12-11-27(39-29)20-7-9-25-23(14-20)30(34-18-33-25)35-22-8-10-28(24(31)15-22)38-16-19-5-4-6-21(32)13-19/h4-15,18,26H,16-17H2,1-3H3,(H,33,34,35)/t26?,40-/m0/s1. The number of rotatable bonds is 10. The molecule has 0 aliphatic carbocycles. The summed E-state index contributed by atoms with van der Waals surface area (Å²) in [6, 6.07) is 21.2. The molecule has 2 aromatic heterocycles. The van der Waals surface area contributed by atoms with E-state index in [2.05, 4.69) is 15.3 Å². The van der Waals surface area contributed by atoms with Crippen LogP contribution in [0.5, 0.6) is 5.75 Å². The first-order valence-corrected chi connectivity index (χ1v) is 14.6. The third kappa shape index (κ3) is 6.50. The lowest BCUT2D eigenvalue weighted by Crippen LogP contribution is -2.24. The molecule has 2 heterocycles. The summed E-state index contributed by atoms with van der Waals surface area (Å²) in [5.41, 5.74) is 3.06. The van der Waals surface area contributed by atoms with E-state index in [1.54, 1.807) is 30.5 Å². The Labute approximate surface area is 239 Å². The van der Waals surface area contributed by atoms with E-state index < -0.39 is 10.8 Å². The van der Waals surface area contributed by atoms with E-state index in [0.717, 1.165) is 27.9 Å². The lowest BCUT2D eigenvalue weighted by atomic mass is 10.1. The summed E-state index contributed by atoms with van der Waals surface area (Å²) in [6.07, 6.45) is 3.19. The second kappa shape index (κ2) is 12.2. The lowest BCUT2D eigenvalue weighted by Gasteiger charge is -2.21. The van der Waals surface area contributed by atoms with E-state index in [9.17, 15) is 8.60 Å². The molecule has 206 valence electrons. The van der Waals surface area contributed by atoms with E-state index in [1.807, 2.05) is 55.4 Å². The molecule has 40 heavy (non-hydrogen) atoms. The molecule has 0 bridgehead atoms. The number of ether oxygens (including phenoxy) is 1. The first-order valence-electron chi connectivity index (χ1n) is 12.5. The Hall–Kier alpha value is -3.79. The van der Waals surface area contributed by atoms with Gasteiger partial charge in [0.2, 0.25) is 0 Å². The van der Waals surface area contributed by atoms with E-state index in [-0.39, 0.29) is 18.5 Å². The molecule has 5 aromatic rings. The van der Waals surface area contributed by atoms with E-state index >= 15 is 0 Å². The van der Waals surface area contributed by atoms with E-state index in [1.165, 1.54) is 18.5 Å². The summed E-state index contributed by atoms with van der Waals surface area (Å²) in [7, 11) is 2.92. The third-order valence-electron chi connectivity index (χ3n) is 6.37. The molecule has 3 aromatic carbocycles. The maximum absolute atomic E-state index is 13.5. The lowest BCUT2D eigenvalue weighted by molar-refractivity contribution is 0.282. The summed E-state index contributed by atoms with van der Waals surface area (Å²) in [5.74, 6) is 2.72. The summed E-state index contributed by atoms with van der Waals surface area (Å²) < 4.78 is 37.3. The average molecular weight is 579 g/mol. The molecule has 0 radical (unpaired) electrons. The van der Waals surface area contributed by atoms with Crippen LogP contribution < -0.4 is 10.1 Å². The van der Waals surface area contributed by atoms with Crippen molar-refractivity contribution in [1.82, 2.24) is 14.9 Å². The smallest absolute Gasteiger partial charge is 0.141 e. The Bertz CT molecular complexity index is 1680. The molecule has 10 heteroatoms. The molecular formula is C30H28ClFN4O3S. The van der Waals surface area contributed by atoms with Crippen molar-refractivity contribution in [3.8, 4) is 17.1 Å². The molecule has 2 atom stereocenters.